The lowest BCUT2D eigenvalue weighted by Crippen LogP contribution is -2.16. The number of halogens is 1. The quantitative estimate of drug-likeness (QED) is 0.864. The second-order valence-corrected chi connectivity index (χ2v) is 5.62. The van der Waals surface area contributed by atoms with E-state index in [1.807, 2.05) is 0 Å². The summed E-state index contributed by atoms with van der Waals surface area (Å²) in [6.45, 7) is 0.451. The molecule has 0 unspecified atom stereocenters. The SMILES string of the molecule is CNCc1ccc(S(=O)(=O)Nc2ncccn2)c(F)c1. The van der Waals surface area contributed by atoms with Crippen molar-refractivity contribution >= 4 is 16.0 Å². The molecule has 1 aromatic heterocycles. The fourth-order valence-electron chi connectivity index (χ4n) is 1.60. The lowest BCUT2D eigenvalue weighted by Gasteiger charge is -2.08. The summed E-state index contributed by atoms with van der Waals surface area (Å²) in [7, 11) is -2.33. The monoisotopic (exact) mass is 296 g/mol. The third-order valence-corrected chi connectivity index (χ3v) is 3.82. The Hall–Kier alpha value is -2.06. The maximum atomic E-state index is 13.9. The molecule has 0 aliphatic rings. The third kappa shape index (κ3) is 3.28. The number of sulfonamides is 1. The molecule has 2 aromatic rings. The van der Waals surface area contributed by atoms with Crippen LogP contribution in [-0.2, 0) is 16.6 Å². The van der Waals surface area contributed by atoms with Crippen molar-refractivity contribution in [1.82, 2.24) is 15.3 Å². The molecule has 0 spiro atoms. The minimum atomic E-state index is -4.05. The first-order chi connectivity index (χ1) is 9.53. The molecule has 0 aliphatic carbocycles. The molecule has 0 saturated carbocycles. The number of hydrogen-bond acceptors (Lipinski definition) is 5. The Morgan fingerprint density at radius 2 is 1.95 bits per heavy atom. The first-order valence-electron chi connectivity index (χ1n) is 5.76. The van der Waals surface area contributed by atoms with Crippen LogP contribution in [0.15, 0.2) is 41.6 Å². The highest BCUT2D eigenvalue weighted by molar-refractivity contribution is 7.92. The summed E-state index contributed by atoms with van der Waals surface area (Å²) in [5.41, 5.74) is 0.653. The van der Waals surface area contributed by atoms with E-state index in [-0.39, 0.29) is 5.95 Å². The zero-order chi connectivity index (χ0) is 14.6. The predicted octanol–water partition coefficient (Wildman–Crippen LogP) is 1.14. The van der Waals surface area contributed by atoms with Crippen LogP contribution in [0.25, 0.3) is 0 Å². The minimum Gasteiger partial charge on any atom is -0.316 e. The number of benzene rings is 1. The van der Waals surface area contributed by atoms with Gasteiger partial charge in [-0.25, -0.2) is 27.5 Å². The van der Waals surface area contributed by atoms with Gasteiger partial charge in [0.2, 0.25) is 5.95 Å². The van der Waals surface area contributed by atoms with E-state index in [1.165, 1.54) is 24.5 Å². The summed E-state index contributed by atoms with van der Waals surface area (Å²) in [6.07, 6.45) is 2.77. The molecule has 0 radical (unpaired) electrons. The molecular formula is C12H13FN4O2S. The van der Waals surface area contributed by atoms with E-state index >= 15 is 0 Å². The third-order valence-electron chi connectivity index (χ3n) is 2.46. The number of nitrogens with one attached hydrogen (secondary N) is 2. The van der Waals surface area contributed by atoms with Crippen LogP contribution < -0.4 is 10.0 Å². The Bertz CT molecular complexity index is 692. The highest BCUT2D eigenvalue weighted by atomic mass is 32.2. The summed E-state index contributed by atoms with van der Waals surface area (Å²) in [4.78, 5) is 7.02. The van der Waals surface area contributed by atoms with E-state index in [0.29, 0.717) is 12.1 Å². The van der Waals surface area contributed by atoms with Crippen LogP contribution in [0.1, 0.15) is 5.56 Å². The van der Waals surface area contributed by atoms with Gasteiger partial charge in [0.1, 0.15) is 10.7 Å². The van der Waals surface area contributed by atoms with Gasteiger partial charge in [-0.3, -0.25) is 0 Å². The van der Waals surface area contributed by atoms with Gasteiger partial charge in [0.05, 0.1) is 0 Å². The lowest BCUT2D eigenvalue weighted by atomic mass is 10.2. The smallest absolute Gasteiger partial charge is 0.267 e. The van der Waals surface area contributed by atoms with Gasteiger partial charge in [-0.05, 0) is 30.8 Å². The van der Waals surface area contributed by atoms with E-state index in [4.69, 9.17) is 0 Å². The first kappa shape index (κ1) is 14.4. The van der Waals surface area contributed by atoms with Gasteiger partial charge in [0, 0.05) is 18.9 Å². The Morgan fingerprint density at radius 3 is 2.55 bits per heavy atom. The predicted molar refractivity (Wildman–Crippen MR) is 72.0 cm³/mol. The molecule has 2 rings (SSSR count). The largest absolute Gasteiger partial charge is 0.316 e. The first-order valence-corrected chi connectivity index (χ1v) is 7.24. The van der Waals surface area contributed by atoms with Crippen LogP contribution >= 0.6 is 0 Å². The van der Waals surface area contributed by atoms with Crippen molar-refractivity contribution in [3.8, 4) is 0 Å². The highest BCUT2D eigenvalue weighted by Crippen LogP contribution is 2.18. The Balaban J connectivity index is 2.30. The molecule has 0 saturated heterocycles. The maximum Gasteiger partial charge on any atom is 0.267 e. The summed E-state index contributed by atoms with van der Waals surface area (Å²) in [5.74, 6) is -0.924. The van der Waals surface area contributed by atoms with Gasteiger partial charge < -0.3 is 5.32 Å². The summed E-state index contributed by atoms with van der Waals surface area (Å²) in [5, 5.41) is 2.86. The molecule has 0 bridgehead atoms. The summed E-state index contributed by atoms with van der Waals surface area (Å²) >= 11 is 0. The van der Waals surface area contributed by atoms with Crippen molar-refractivity contribution in [2.75, 3.05) is 11.8 Å². The second-order valence-electron chi connectivity index (χ2n) is 3.97. The van der Waals surface area contributed by atoms with Crippen molar-refractivity contribution in [3.63, 3.8) is 0 Å². The molecule has 20 heavy (non-hydrogen) atoms. The number of anilines is 1. The zero-order valence-electron chi connectivity index (χ0n) is 10.7. The van der Waals surface area contributed by atoms with E-state index < -0.39 is 20.7 Å². The molecule has 0 aliphatic heterocycles. The molecule has 6 nitrogen and oxygen atoms in total. The number of rotatable bonds is 5. The maximum absolute atomic E-state index is 13.9. The van der Waals surface area contributed by atoms with Crippen molar-refractivity contribution in [2.45, 2.75) is 11.4 Å². The van der Waals surface area contributed by atoms with Crippen LogP contribution in [0.2, 0.25) is 0 Å². The van der Waals surface area contributed by atoms with Gasteiger partial charge in [0.15, 0.2) is 0 Å². The average molecular weight is 296 g/mol. The van der Waals surface area contributed by atoms with Gasteiger partial charge in [-0.15, -0.1) is 0 Å². The zero-order valence-corrected chi connectivity index (χ0v) is 11.5. The molecule has 1 heterocycles. The summed E-state index contributed by atoms with van der Waals surface area (Å²) in [6, 6.07) is 5.48. The topological polar surface area (TPSA) is 84.0 Å². The molecule has 2 N–H and O–H groups in total. The molecular weight excluding hydrogens is 283 g/mol. The van der Waals surface area contributed by atoms with E-state index in [1.54, 1.807) is 19.2 Å². The standard InChI is InChI=1S/C12H13FN4O2S/c1-14-8-9-3-4-11(10(13)7-9)20(18,19)17-12-15-5-2-6-16-12/h2-7,14H,8H2,1H3,(H,15,16,17). The Kier molecular flexibility index (Phi) is 4.26. The molecule has 106 valence electrons. The number of hydrogen-bond donors (Lipinski definition) is 2. The van der Waals surface area contributed by atoms with Gasteiger partial charge >= 0.3 is 0 Å². The number of aromatic nitrogens is 2. The van der Waals surface area contributed by atoms with Gasteiger partial charge in [-0.1, -0.05) is 6.07 Å². The molecule has 0 atom stereocenters. The van der Waals surface area contributed by atoms with Crippen molar-refractivity contribution < 1.29 is 12.8 Å². The van der Waals surface area contributed by atoms with E-state index in [0.717, 1.165) is 0 Å². The van der Waals surface area contributed by atoms with Crippen LogP contribution in [0.4, 0.5) is 10.3 Å². The van der Waals surface area contributed by atoms with Crippen molar-refractivity contribution in [3.05, 3.63) is 48.0 Å². The minimum absolute atomic E-state index is 0.105. The molecule has 8 heteroatoms. The van der Waals surface area contributed by atoms with Crippen LogP contribution in [0, 0.1) is 5.82 Å². The van der Waals surface area contributed by atoms with Crippen molar-refractivity contribution in [2.24, 2.45) is 0 Å². The van der Waals surface area contributed by atoms with Crippen LogP contribution in [-0.4, -0.2) is 25.4 Å². The molecule has 0 fully saturated rings. The fourth-order valence-corrected chi connectivity index (χ4v) is 2.62. The molecule has 1 aromatic carbocycles. The van der Waals surface area contributed by atoms with Crippen molar-refractivity contribution in [1.29, 1.82) is 0 Å². The fraction of sp³-hybridized carbons (Fsp3) is 0.167. The number of nitrogens with zero attached hydrogens (tertiary/aromatic N) is 2. The average Bonchev–Trinajstić information content (AvgIpc) is 2.39. The van der Waals surface area contributed by atoms with Crippen LogP contribution in [0.5, 0.6) is 0 Å². The lowest BCUT2D eigenvalue weighted by molar-refractivity contribution is 0.568. The van der Waals surface area contributed by atoms with Gasteiger partial charge in [-0.2, -0.15) is 0 Å². The normalized spacial score (nSPS) is 11.3. The van der Waals surface area contributed by atoms with E-state index in [2.05, 4.69) is 20.0 Å². The Labute approximate surface area is 116 Å². The molecule has 0 amide bonds. The summed E-state index contributed by atoms with van der Waals surface area (Å²) < 4.78 is 40.1. The van der Waals surface area contributed by atoms with Crippen LogP contribution in [0.3, 0.4) is 0 Å². The van der Waals surface area contributed by atoms with Gasteiger partial charge in [0.25, 0.3) is 10.0 Å². The van der Waals surface area contributed by atoms with E-state index in [9.17, 15) is 12.8 Å². The second kappa shape index (κ2) is 5.93. The Morgan fingerprint density at radius 1 is 1.25 bits per heavy atom. The highest BCUT2D eigenvalue weighted by Gasteiger charge is 2.20.